The summed E-state index contributed by atoms with van der Waals surface area (Å²) in [7, 11) is 1.98. The van der Waals surface area contributed by atoms with Gasteiger partial charge in [-0.1, -0.05) is 24.5 Å². The van der Waals surface area contributed by atoms with Crippen molar-refractivity contribution in [2.75, 3.05) is 33.2 Å². The molecule has 1 amide bonds. The molecular weight excluding hydrogens is 302 g/mol. The normalized spacial score (nSPS) is 23.8. The third-order valence-corrected chi connectivity index (χ3v) is 5.65. The fourth-order valence-corrected chi connectivity index (χ4v) is 4.14. The lowest BCUT2D eigenvalue weighted by Gasteiger charge is -2.29. The predicted molar refractivity (Wildman–Crippen MR) is 93.6 cm³/mol. The van der Waals surface area contributed by atoms with Gasteiger partial charge in [0.2, 0.25) is 5.91 Å². The SMILES string of the molecule is CN(CC1CCCCC1)C(=O)CN1CCCC(n2ccnn2)CC1. The molecule has 6 heteroatoms. The molecule has 6 nitrogen and oxygen atoms in total. The van der Waals surface area contributed by atoms with Crippen LogP contribution in [0.3, 0.4) is 0 Å². The summed E-state index contributed by atoms with van der Waals surface area (Å²) in [6.07, 6.45) is 13.6. The first-order valence-corrected chi connectivity index (χ1v) is 9.54. The molecule has 2 fully saturated rings. The van der Waals surface area contributed by atoms with Gasteiger partial charge in [-0.3, -0.25) is 9.69 Å². The topological polar surface area (TPSA) is 54.3 Å². The Balaban J connectivity index is 1.44. The van der Waals surface area contributed by atoms with Crippen molar-refractivity contribution in [2.45, 2.75) is 57.4 Å². The number of likely N-dealkylation sites (tertiary alicyclic amines) is 1. The predicted octanol–water partition coefficient (Wildman–Crippen LogP) is 2.34. The molecule has 2 heterocycles. The number of rotatable bonds is 5. The van der Waals surface area contributed by atoms with E-state index >= 15 is 0 Å². The van der Waals surface area contributed by atoms with Crippen LogP contribution in [0, 0.1) is 5.92 Å². The minimum Gasteiger partial charge on any atom is -0.344 e. The van der Waals surface area contributed by atoms with E-state index in [2.05, 4.69) is 15.2 Å². The largest absolute Gasteiger partial charge is 0.344 e. The number of carbonyl (C=O) groups is 1. The molecule has 1 atom stereocenters. The van der Waals surface area contributed by atoms with E-state index < -0.39 is 0 Å². The van der Waals surface area contributed by atoms with Gasteiger partial charge in [-0.25, -0.2) is 4.68 Å². The van der Waals surface area contributed by atoms with Gasteiger partial charge in [-0.2, -0.15) is 0 Å². The molecule has 0 N–H and O–H groups in total. The maximum absolute atomic E-state index is 12.6. The number of carbonyl (C=O) groups excluding carboxylic acids is 1. The highest BCUT2D eigenvalue weighted by molar-refractivity contribution is 5.78. The third-order valence-electron chi connectivity index (χ3n) is 5.65. The molecule has 24 heavy (non-hydrogen) atoms. The summed E-state index contributed by atoms with van der Waals surface area (Å²) in [6, 6.07) is 0.424. The molecule has 0 bridgehead atoms. The van der Waals surface area contributed by atoms with Crippen molar-refractivity contribution >= 4 is 5.91 Å². The van der Waals surface area contributed by atoms with Crippen LogP contribution >= 0.6 is 0 Å². The highest BCUT2D eigenvalue weighted by Gasteiger charge is 2.23. The maximum atomic E-state index is 12.6. The van der Waals surface area contributed by atoms with Gasteiger partial charge < -0.3 is 4.90 Å². The first-order valence-electron chi connectivity index (χ1n) is 9.54. The van der Waals surface area contributed by atoms with Gasteiger partial charge >= 0.3 is 0 Å². The maximum Gasteiger partial charge on any atom is 0.236 e. The van der Waals surface area contributed by atoms with Crippen LogP contribution < -0.4 is 0 Å². The monoisotopic (exact) mass is 333 g/mol. The van der Waals surface area contributed by atoms with E-state index in [1.54, 1.807) is 6.20 Å². The summed E-state index contributed by atoms with van der Waals surface area (Å²) < 4.78 is 1.97. The molecule has 1 saturated heterocycles. The lowest BCUT2D eigenvalue weighted by molar-refractivity contribution is -0.131. The van der Waals surface area contributed by atoms with Gasteiger partial charge in [-0.05, 0) is 44.6 Å². The summed E-state index contributed by atoms with van der Waals surface area (Å²) in [5.41, 5.74) is 0. The number of hydrogen-bond acceptors (Lipinski definition) is 4. The summed E-state index contributed by atoms with van der Waals surface area (Å²) in [6.45, 7) is 3.48. The van der Waals surface area contributed by atoms with Crippen LogP contribution in [-0.2, 0) is 4.79 Å². The van der Waals surface area contributed by atoms with E-state index in [4.69, 9.17) is 0 Å². The van der Waals surface area contributed by atoms with Crippen molar-refractivity contribution in [2.24, 2.45) is 5.92 Å². The molecule has 134 valence electrons. The molecule has 0 radical (unpaired) electrons. The molecule has 0 aromatic carbocycles. The first-order chi connectivity index (χ1) is 11.7. The molecule has 1 unspecified atom stereocenters. The van der Waals surface area contributed by atoms with E-state index in [9.17, 15) is 4.79 Å². The van der Waals surface area contributed by atoms with Gasteiger partial charge in [0.25, 0.3) is 0 Å². The van der Waals surface area contributed by atoms with Crippen LogP contribution in [0.15, 0.2) is 12.4 Å². The van der Waals surface area contributed by atoms with E-state index in [0.29, 0.717) is 18.5 Å². The lowest BCUT2D eigenvalue weighted by atomic mass is 9.89. The van der Waals surface area contributed by atoms with Crippen molar-refractivity contribution in [3.8, 4) is 0 Å². The Kier molecular flexibility index (Phi) is 6.24. The number of likely N-dealkylation sites (N-methyl/N-ethyl adjacent to an activating group) is 1. The summed E-state index contributed by atoms with van der Waals surface area (Å²) in [5, 5.41) is 8.05. The van der Waals surface area contributed by atoms with E-state index in [-0.39, 0.29) is 5.91 Å². The molecule has 1 aliphatic carbocycles. The minimum absolute atomic E-state index is 0.278. The highest BCUT2D eigenvalue weighted by Crippen LogP contribution is 2.24. The van der Waals surface area contributed by atoms with Crippen LogP contribution in [-0.4, -0.2) is 63.9 Å². The van der Waals surface area contributed by atoms with Crippen LogP contribution in [0.5, 0.6) is 0 Å². The van der Waals surface area contributed by atoms with Crippen molar-refractivity contribution in [1.82, 2.24) is 24.8 Å². The van der Waals surface area contributed by atoms with Gasteiger partial charge in [-0.15, -0.1) is 5.10 Å². The van der Waals surface area contributed by atoms with Gasteiger partial charge in [0, 0.05) is 26.3 Å². The molecule has 3 rings (SSSR count). The quantitative estimate of drug-likeness (QED) is 0.830. The third kappa shape index (κ3) is 4.79. The van der Waals surface area contributed by atoms with Crippen LogP contribution in [0.1, 0.15) is 57.4 Å². The Morgan fingerprint density at radius 1 is 1.12 bits per heavy atom. The van der Waals surface area contributed by atoms with Crippen molar-refractivity contribution in [3.05, 3.63) is 12.4 Å². The number of aromatic nitrogens is 3. The fraction of sp³-hybridized carbons (Fsp3) is 0.833. The number of nitrogens with zero attached hydrogens (tertiary/aromatic N) is 5. The molecule has 1 saturated carbocycles. The molecule has 1 aromatic rings. The Morgan fingerprint density at radius 3 is 2.71 bits per heavy atom. The Morgan fingerprint density at radius 2 is 1.96 bits per heavy atom. The summed E-state index contributed by atoms with van der Waals surface area (Å²) >= 11 is 0. The second kappa shape index (κ2) is 8.60. The van der Waals surface area contributed by atoms with Crippen LogP contribution in [0.25, 0.3) is 0 Å². The van der Waals surface area contributed by atoms with Gasteiger partial charge in [0.15, 0.2) is 0 Å². The van der Waals surface area contributed by atoms with Crippen LogP contribution in [0.2, 0.25) is 0 Å². The average Bonchev–Trinajstić information content (AvgIpc) is 3.03. The number of amides is 1. The zero-order valence-corrected chi connectivity index (χ0v) is 14.9. The molecule has 2 aliphatic rings. The van der Waals surface area contributed by atoms with Crippen molar-refractivity contribution < 1.29 is 4.79 Å². The second-order valence-corrected chi connectivity index (χ2v) is 7.52. The van der Waals surface area contributed by atoms with Gasteiger partial charge in [0.05, 0.1) is 18.8 Å². The Hall–Kier alpha value is -1.43. The van der Waals surface area contributed by atoms with Gasteiger partial charge in [0.1, 0.15) is 0 Å². The molecule has 1 aliphatic heterocycles. The van der Waals surface area contributed by atoms with Crippen LogP contribution in [0.4, 0.5) is 0 Å². The Bertz CT molecular complexity index is 498. The Labute approximate surface area is 145 Å². The summed E-state index contributed by atoms with van der Waals surface area (Å²) in [4.78, 5) is 16.8. The molecule has 1 aromatic heterocycles. The smallest absolute Gasteiger partial charge is 0.236 e. The minimum atomic E-state index is 0.278. The molecule has 0 spiro atoms. The fourth-order valence-electron chi connectivity index (χ4n) is 4.14. The molecular formula is C18H31N5O. The lowest BCUT2D eigenvalue weighted by Crippen LogP contribution is -2.41. The highest BCUT2D eigenvalue weighted by atomic mass is 16.2. The zero-order valence-electron chi connectivity index (χ0n) is 14.9. The van der Waals surface area contributed by atoms with E-state index in [1.165, 1.54) is 32.1 Å². The zero-order chi connectivity index (χ0) is 16.8. The number of hydrogen-bond donors (Lipinski definition) is 0. The van der Waals surface area contributed by atoms with Crippen molar-refractivity contribution in [1.29, 1.82) is 0 Å². The van der Waals surface area contributed by atoms with E-state index in [1.807, 2.05) is 22.8 Å². The summed E-state index contributed by atoms with van der Waals surface area (Å²) in [5.74, 6) is 0.994. The van der Waals surface area contributed by atoms with E-state index in [0.717, 1.165) is 38.9 Å². The van der Waals surface area contributed by atoms with Crippen molar-refractivity contribution in [3.63, 3.8) is 0 Å². The average molecular weight is 333 g/mol. The second-order valence-electron chi connectivity index (χ2n) is 7.52. The standard InChI is InChI=1S/C18H31N5O/c1-21(14-16-6-3-2-4-7-16)18(24)15-22-11-5-8-17(9-12-22)23-13-10-19-20-23/h10,13,16-17H,2-9,11-12,14-15H2,1H3. The first kappa shape index (κ1) is 17.4.